The molecule has 1 fully saturated rings. The first kappa shape index (κ1) is 27.3. The molecule has 1 aliphatic rings. The van der Waals surface area contributed by atoms with Gasteiger partial charge in [-0.15, -0.1) is 0 Å². The molecular weight excluding hydrogens is 484 g/mol. The van der Waals surface area contributed by atoms with E-state index >= 15 is 0 Å². The maximum Gasteiger partial charge on any atom is 0.407 e. The van der Waals surface area contributed by atoms with E-state index in [0.29, 0.717) is 11.4 Å². The lowest BCUT2D eigenvalue weighted by Gasteiger charge is -2.35. The van der Waals surface area contributed by atoms with Gasteiger partial charge in [-0.1, -0.05) is 30.3 Å². The summed E-state index contributed by atoms with van der Waals surface area (Å²) in [6.07, 6.45) is -1.59. The van der Waals surface area contributed by atoms with Crippen molar-refractivity contribution in [3.05, 3.63) is 42.1 Å². The zero-order valence-corrected chi connectivity index (χ0v) is 20.3. The number of hydrogen-bond donors (Lipinski definition) is 5. The number of nitrogens with one attached hydrogen (secondary N) is 2. The molecule has 0 aliphatic carbocycles. The van der Waals surface area contributed by atoms with Gasteiger partial charge in [0, 0.05) is 50.3 Å². The quantitative estimate of drug-likeness (QED) is 0.302. The van der Waals surface area contributed by atoms with E-state index in [1.165, 1.54) is 15.9 Å². The van der Waals surface area contributed by atoms with E-state index < -0.39 is 29.9 Å². The van der Waals surface area contributed by atoms with E-state index in [1.807, 2.05) is 6.07 Å². The van der Waals surface area contributed by atoms with Crippen molar-refractivity contribution in [1.82, 2.24) is 25.1 Å². The fraction of sp³-hybridized carbons (Fsp3) is 0.417. The highest BCUT2D eigenvalue weighted by atomic mass is 16.4. The predicted octanol–water partition coefficient (Wildman–Crippen LogP) is 0.722. The first-order valence-electron chi connectivity index (χ1n) is 11.8. The molecule has 1 aromatic heterocycles. The number of amides is 3. The average molecular weight is 515 g/mol. The lowest BCUT2D eigenvalue weighted by Crippen LogP contribution is -2.55. The Balaban J connectivity index is 1.84. The summed E-state index contributed by atoms with van der Waals surface area (Å²) in [5.74, 6) is -1.78. The molecule has 0 bridgehead atoms. The van der Waals surface area contributed by atoms with Crippen LogP contribution in [-0.2, 0) is 9.59 Å². The summed E-state index contributed by atoms with van der Waals surface area (Å²) in [5.41, 5.74) is 0.594. The third-order valence-corrected chi connectivity index (χ3v) is 5.77. The van der Waals surface area contributed by atoms with Crippen LogP contribution in [0.25, 0.3) is 11.4 Å². The standard InChI is InChI=1S/C24H30N6O7/c1-15(14-31)25-19-13-18(26-21(28-19)16-5-3-2-4-6-16)22(34)27-17(7-8-20(32)33)23(35)29-9-11-30(12-10-29)24(36)37/h2-6,13,15,17,31H,7-12,14H2,1H3,(H,27,34)(H,32,33)(H,36,37)(H,25,26,28). The number of nitrogens with zero attached hydrogens (tertiary/aromatic N) is 4. The van der Waals surface area contributed by atoms with Gasteiger partial charge in [-0.3, -0.25) is 14.4 Å². The molecule has 1 aliphatic heterocycles. The van der Waals surface area contributed by atoms with Gasteiger partial charge >= 0.3 is 12.1 Å². The average Bonchev–Trinajstić information content (AvgIpc) is 2.90. The number of piperazine rings is 1. The van der Waals surface area contributed by atoms with Gasteiger partial charge in [0.2, 0.25) is 5.91 Å². The third-order valence-electron chi connectivity index (χ3n) is 5.77. The highest BCUT2D eigenvalue weighted by molar-refractivity contribution is 5.97. The molecule has 3 rings (SSSR count). The zero-order valence-electron chi connectivity index (χ0n) is 20.3. The summed E-state index contributed by atoms with van der Waals surface area (Å²) >= 11 is 0. The summed E-state index contributed by atoms with van der Waals surface area (Å²) in [5, 5.41) is 33.3. The van der Waals surface area contributed by atoms with E-state index in [0.717, 1.165) is 0 Å². The second kappa shape index (κ2) is 12.6. The number of carbonyl (C=O) groups is 4. The van der Waals surface area contributed by atoms with Crippen LogP contribution in [0.15, 0.2) is 36.4 Å². The van der Waals surface area contributed by atoms with Gasteiger partial charge in [-0.25, -0.2) is 14.8 Å². The number of hydrogen-bond acceptors (Lipinski definition) is 8. The Labute approximate surface area is 213 Å². The number of aliphatic hydroxyl groups excluding tert-OH is 1. The maximum atomic E-state index is 13.2. The summed E-state index contributed by atoms with van der Waals surface area (Å²) < 4.78 is 0. The lowest BCUT2D eigenvalue weighted by atomic mass is 10.1. The van der Waals surface area contributed by atoms with Crippen molar-refractivity contribution < 1.29 is 34.5 Å². The van der Waals surface area contributed by atoms with E-state index in [-0.39, 0.29) is 63.2 Å². The number of aliphatic hydroxyl groups is 1. The maximum absolute atomic E-state index is 13.2. The smallest absolute Gasteiger partial charge is 0.407 e. The number of rotatable bonds is 10. The van der Waals surface area contributed by atoms with Crippen LogP contribution in [-0.4, -0.2) is 104 Å². The fourth-order valence-electron chi connectivity index (χ4n) is 3.75. The summed E-state index contributed by atoms with van der Waals surface area (Å²) in [4.78, 5) is 60.1. The third kappa shape index (κ3) is 7.61. The van der Waals surface area contributed by atoms with Gasteiger partial charge in [0.05, 0.1) is 6.61 Å². The van der Waals surface area contributed by atoms with Crippen LogP contribution in [0.2, 0.25) is 0 Å². The molecule has 2 aromatic rings. The Hall–Kier alpha value is -4.26. The van der Waals surface area contributed by atoms with Crippen LogP contribution in [0.5, 0.6) is 0 Å². The molecule has 37 heavy (non-hydrogen) atoms. The van der Waals surface area contributed by atoms with Crippen molar-refractivity contribution in [3.8, 4) is 11.4 Å². The van der Waals surface area contributed by atoms with Gasteiger partial charge in [0.1, 0.15) is 17.6 Å². The van der Waals surface area contributed by atoms with Crippen molar-refractivity contribution in [2.75, 3.05) is 38.1 Å². The summed E-state index contributed by atoms with van der Waals surface area (Å²) in [7, 11) is 0. The molecule has 1 aromatic carbocycles. The van der Waals surface area contributed by atoms with E-state index in [2.05, 4.69) is 20.6 Å². The molecular formula is C24H30N6O7. The normalized spacial score (nSPS) is 15.0. The predicted molar refractivity (Wildman–Crippen MR) is 132 cm³/mol. The van der Waals surface area contributed by atoms with Crippen LogP contribution >= 0.6 is 0 Å². The SMILES string of the molecule is CC(CO)Nc1cc(C(=O)NC(CCC(=O)O)C(=O)N2CCN(C(=O)O)CC2)nc(-c2ccccc2)n1. The van der Waals surface area contributed by atoms with Gasteiger partial charge < -0.3 is 35.8 Å². The van der Waals surface area contributed by atoms with Crippen LogP contribution in [0.3, 0.4) is 0 Å². The molecule has 2 unspecified atom stereocenters. The van der Waals surface area contributed by atoms with E-state index in [9.17, 15) is 24.3 Å². The van der Waals surface area contributed by atoms with Crippen molar-refractivity contribution in [3.63, 3.8) is 0 Å². The first-order valence-corrected chi connectivity index (χ1v) is 11.8. The van der Waals surface area contributed by atoms with Gasteiger partial charge in [0.25, 0.3) is 5.91 Å². The van der Waals surface area contributed by atoms with Crippen molar-refractivity contribution in [2.45, 2.75) is 31.8 Å². The first-order chi connectivity index (χ1) is 17.7. The molecule has 0 saturated carbocycles. The topological polar surface area (TPSA) is 185 Å². The molecule has 2 heterocycles. The number of anilines is 1. The Morgan fingerprint density at radius 2 is 1.65 bits per heavy atom. The number of benzene rings is 1. The molecule has 13 heteroatoms. The molecule has 198 valence electrons. The van der Waals surface area contributed by atoms with Crippen LogP contribution in [0.1, 0.15) is 30.3 Å². The Bertz CT molecular complexity index is 1120. The van der Waals surface area contributed by atoms with Gasteiger partial charge in [-0.2, -0.15) is 0 Å². The monoisotopic (exact) mass is 514 g/mol. The van der Waals surface area contributed by atoms with Crippen molar-refractivity contribution in [1.29, 1.82) is 0 Å². The molecule has 5 N–H and O–H groups in total. The fourth-order valence-corrected chi connectivity index (χ4v) is 3.75. The van der Waals surface area contributed by atoms with E-state index in [1.54, 1.807) is 31.2 Å². The minimum Gasteiger partial charge on any atom is -0.481 e. The highest BCUT2D eigenvalue weighted by Crippen LogP contribution is 2.19. The van der Waals surface area contributed by atoms with Crippen molar-refractivity contribution >= 4 is 29.7 Å². The zero-order chi connectivity index (χ0) is 26.9. The number of aromatic nitrogens is 2. The van der Waals surface area contributed by atoms with E-state index in [4.69, 9.17) is 10.2 Å². The molecule has 13 nitrogen and oxygen atoms in total. The number of carboxylic acids is 1. The lowest BCUT2D eigenvalue weighted by molar-refractivity contribution is -0.138. The van der Waals surface area contributed by atoms with Gasteiger partial charge in [0.15, 0.2) is 5.82 Å². The van der Waals surface area contributed by atoms with Crippen molar-refractivity contribution in [2.24, 2.45) is 0 Å². The molecule has 3 amide bonds. The molecule has 2 atom stereocenters. The number of carboxylic acid groups (broad SMARTS) is 2. The number of aliphatic carboxylic acids is 1. The molecule has 0 spiro atoms. The summed E-state index contributed by atoms with van der Waals surface area (Å²) in [6.45, 7) is 2.05. The minimum atomic E-state index is -1.15. The van der Waals surface area contributed by atoms with Crippen LogP contribution in [0, 0.1) is 0 Å². The molecule has 1 saturated heterocycles. The summed E-state index contributed by atoms with van der Waals surface area (Å²) in [6, 6.07) is 8.82. The second-order valence-corrected chi connectivity index (χ2v) is 8.61. The second-order valence-electron chi connectivity index (χ2n) is 8.61. The Kier molecular flexibility index (Phi) is 9.33. The Morgan fingerprint density at radius 3 is 2.24 bits per heavy atom. The highest BCUT2D eigenvalue weighted by Gasteiger charge is 2.31. The Morgan fingerprint density at radius 1 is 1.00 bits per heavy atom. The number of carbonyl (C=O) groups excluding carboxylic acids is 2. The van der Waals surface area contributed by atoms with Crippen LogP contribution < -0.4 is 10.6 Å². The van der Waals surface area contributed by atoms with Gasteiger partial charge in [-0.05, 0) is 13.3 Å². The van der Waals surface area contributed by atoms with Crippen LogP contribution in [0.4, 0.5) is 10.6 Å². The molecule has 0 radical (unpaired) electrons. The largest absolute Gasteiger partial charge is 0.481 e. The minimum absolute atomic E-state index is 0.0506.